The molecule has 0 amide bonds. The van der Waals surface area contributed by atoms with Crippen LogP contribution in [-0.4, -0.2) is 28.8 Å². The number of ether oxygens (including phenoxy) is 2. The number of nitrogens with zero attached hydrogens (tertiary/aromatic N) is 2. The zero-order chi connectivity index (χ0) is 16.4. The molecule has 1 aromatic carbocycles. The summed E-state index contributed by atoms with van der Waals surface area (Å²) in [5.74, 6) is -0.0878. The SMILES string of the molecule is C=CCn1c(=O)c([N+](=O)[O-])c(O)c2cc(OC)c(OC)cc21. The van der Waals surface area contributed by atoms with Crippen molar-refractivity contribution in [1.82, 2.24) is 4.57 Å². The van der Waals surface area contributed by atoms with E-state index >= 15 is 0 Å². The third-order valence-corrected chi connectivity index (χ3v) is 3.21. The highest BCUT2D eigenvalue weighted by atomic mass is 16.6. The Bertz CT molecular complexity index is 824. The van der Waals surface area contributed by atoms with Gasteiger partial charge in [0, 0.05) is 12.6 Å². The topological polar surface area (TPSA) is 104 Å². The molecule has 0 unspecified atom stereocenters. The number of rotatable bonds is 5. The van der Waals surface area contributed by atoms with Crippen LogP contribution >= 0.6 is 0 Å². The second-order valence-corrected chi connectivity index (χ2v) is 4.38. The first-order valence-corrected chi connectivity index (χ1v) is 6.23. The molecule has 0 aliphatic carbocycles. The normalized spacial score (nSPS) is 10.5. The van der Waals surface area contributed by atoms with Crippen LogP contribution in [0.2, 0.25) is 0 Å². The van der Waals surface area contributed by atoms with Crippen molar-refractivity contribution in [1.29, 1.82) is 0 Å². The molecule has 0 fully saturated rings. The van der Waals surface area contributed by atoms with Crippen LogP contribution in [0.4, 0.5) is 5.69 Å². The van der Waals surface area contributed by atoms with Gasteiger partial charge in [-0.25, -0.2) is 0 Å². The van der Waals surface area contributed by atoms with Crippen LogP contribution in [0.3, 0.4) is 0 Å². The molecule has 0 aliphatic rings. The molecule has 0 radical (unpaired) electrons. The molecule has 22 heavy (non-hydrogen) atoms. The zero-order valence-corrected chi connectivity index (χ0v) is 12.0. The molecule has 1 heterocycles. The van der Waals surface area contributed by atoms with E-state index in [-0.39, 0.29) is 23.2 Å². The van der Waals surface area contributed by atoms with Crippen LogP contribution in [-0.2, 0) is 6.54 Å². The van der Waals surface area contributed by atoms with E-state index in [0.29, 0.717) is 5.75 Å². The molecule has 0 spiro atoms. The van der Waals surface area contributed by atoms with Gasteiger partial charge < -0.3 is 14.6 Å². The Hall–Kier alpha value is -3.03. The van der Waals surface area contributed by atoms with Crippen LogP contribution in [0, 0.1) is 10.1 Å². The lowest BCUT2D eigenvalue weighted by Crippen LogP contribution is -2.22. The first kappa shape index (κ1) is 15.4. The lowest BCUT2D eigenvalue weighted by Gasteiger charge is -2.13. The molecule has 0 saturated heterocycles. The largest absolute Gasteiger partial charge is 0.501 e. The molecule has 116 valence electrons. The van der Waals surface area contributed by atoms with Crippen molar-refractivity contribution in [3.05, 3.63) is 45.3 Å². The van der Waals surface area contributed by atoms with Crippen molar-refractivity contribution in [3.63, 3.8) is 0 Å². The first-order chi connectivity index (χ1) is 10.5. The summed E-state index contributed by atoms with van der Waals surface area (Å²) in [6.07, 6.45) is 1.43. The van der Waals surface area contributed by atoms with Crippen molar-refractivity contribution in [2.24, 2.45) is 0 Å². The number of hydrogen-bond acceptors (Lipinski definition) is 6. The number of nitro groups is 1. The van der Waals surface area contributed by atoms with E-state index in [0.717, 1.165) is 4.57 Å². The van der Waals surface area contributed by atoms with E-state index in [2.05, 4.69) is 6.58 Å². The Labute approximate surface area is 125 Å². The Morgan fingerprint density at radius 3 is 2.45 bits per heavy atom. The van der Waals surface area contributed by atoms with Gasteiger partial charge in [-0.3, -0.25) is 19.5 Å². The van der Waals surface area contributed by atoms with Crippen molar-refractivity contribution in [2.45, 2.75) is 6.54 Å². The number of aromatic hydroxyl groups is 1. The molecule has 0 aliphatic heterocycles. The average molecular weight is 306 g/mol. The molecule has 0 bridgehead atoms. The van der Waals surface area contributed by atoms with Crippen LogP contribution in [0.25, 0.3) is 10.9 Å². The summed E-state index contributed by atoms with van der Waals surface area (Å²) in [5, 5.41) is 21.3. The third-order valence-electron chi connectivity index (χ3n) is 3.21. The standard InChI is InChI=1S/C14H14N2O6/c1-4-5-15-9-7-11(22-3)10(21-2)6-8(9)13(17)12(14(15)18)16(19)20/h4,6-7,17H,1,5H2,2-3H3. The monoisotopic (exact) mass is 306 g/mol. The summed E-state index contributed by atoms with van der Waals surface area (Å²) in [6.45, 7) is 3.58. The van der Waals surface area contributed by atoms with Gasteiger partial charge in [0.15, 0.2) is 11.5 Å². The van der Waals surface area contributed by atoms with Gasteiger partial charge in [-0.05, 0) is 6.07 Å². The van der Waals surface area contributed by atoms with Gasteiger partial charge in [0.1, 0.15) is 0 Å². The Morgan fingerprint density at radius 1 is 1.36 bits per heavy atom. The lowest BCUT2D eigenvalue weighted by molar-refractivity contribution is -0.387. The van der Waals surface area contributed by atoms with E-state index in [9.17, 15) is 20.0 Å². The number of hydrogen-bond donors (Lipinski definition) is 1. The average Bonchev–Trinajstić information content (AvgIpc) is 2.49. The maximum Gasteiger partial charge on any atom is 0.375 e. The minimum Gasteiger partial charge on any atom is -0.501 e. The van der Waals surface area contributed by atoms with Gasteiger partial charge in [0.2, 0.25) is 5.75 Å². The van der Waals surface area contributed by atoms with Crippen LogP contribution < -0.4 is 15.0 Å². The number of allylic oxidation sites excluding steroid dienone is 1. The third kappa shape index (κ3) is 2.24. The van der Waals surface area contributed by atoms with Gasteiger partial charge in [-0.15, -0.1) is 6.58 Å². The van der Waals surface area contributed by atoms with E-state index in [1.807, 2.05) is 0 Å². The van der Waals surface area contributed by atoms with E-state index in [1.54, 1.807) is 0 Å². The van der Waals surface area contributed by atoms with E-state index in [4.69, 9.17) is 9.47 Å². The quantitative estimate of drug-likeness (QED) is 0.513. The maximum absolute atomic E-state index is 12.2. The second-order valence-electron chi connectivity index (χ2n) is 4.38. The Kier molecular flexibility index (Phi) is 4.02. The summed E-state index contributed by atoms with van der Waals surface area (Å²) in [6, 6.07) is 2.86. The Balaban J connectivity index is 3.03. The van der Waals surface area contributed by atoms with Crippen molar-refractivity contribution < 1.29 is 19.5 Å². The van der Waals surface area contributed by atoms with Gasteiger partial charge in [0.25, 0.3) is 0 Å². The molecule has 8 nitrogen and oxygen atoms in total. The molecule has 1 N–H and O–H groups in total. The lowest BCUT2D eigenvalue weighted by atomic mass is 10.1. The first-order valence-electron chi connectivity index (χ1n) is 6.23. The van der Waals surface area contributed by atoms with Crippen LogP contribution in [0.1, 0.15) is 0 Å². The molecular weight excluding hydrogens is 292 g/mol. The summed E-state index contributed by atoms with van der Waals surface area (Å²) in [4.78, 5) is 22.4. The van der Waals surface area contributed by atoms with E-state index < -0.39 is 21.9 Å². The smallest absolute Gasteiger partial charge is 0.375 e. The van der Waals surface area contributed by atoms with Gasteiger partial charge >= 0.3 is 11.2 Å². The molecule has 2 aromatic rings. The highest BCUT2D eigenvalue weighted by Gasteiger charge is 2.26. The Morgan fingerprint density at radius 2 is 1.95 bits per heavy atom. The summed E-state index contributed by atoms with van der Waals surface area (Å²) in [5.41, 5.74) is -1.52. The van der Waals surface area contributed by atoms with E-state index in [1.165, 1.54) is 32.4 Å². The molecule has 2 rings (SSSR count). The van der Waals surface area contributed by atoms with Crippen molar-refractivity contribution in [3.8, 4) is 17.2 Å². The fourth-order valence-corrected chi connectivity index (χ4v) is 2.22. The molecule has 1 aromatic heterocycles. The molecule has 0 saturated carbocycles. The highest BCUT2D eigenvalue weighted by molar-refractivity contribution is 5.91. The number of fused-ring (bicyclic) bond motifs is 1. The predicted molar refractivity (Wildman–Crippen MR) is 79.8 cm³/mol. The van der Waals surface area contributed by atoms with Crippen LogP contribution in [0.15, 0.2) is 29.6 Å². The molecule has 0 atom stereocenters. The zero-order valence-electron chi connectivity index (χ0n) is 12.0. The second kappa shape index (κ2) is 5.76. The van der Waals surface area contributed by atoms with Gasteiger partial charge in [-0.1, -0.05) is 6.08 Å². The fourth-order valence-electron chi connectivity index (χ4n) is 2.22. The molecular formula is C14H14N2O6. The molecule has 8 heteroatoms. The summed E-state index contributed by atoms with van der Waals surface area (Å²) >= 11 is 0. The predicted octanol–water partition coefficient (Wildman–Crippen LogP) is 1.82. The fraction of sp³-hybridized carbons (Fsp3) is 0.214. The highest BCUT2D eigenvalue weighted by Crippen LogP contribution is 2.38. The number of aromatic nitrogens is 1. The number of pyridine rings is 1. The summed E-state index contributed by atoms with van der Waals surface area (Å²) in [7, 11) is 2.82. The number of benzene rings is 1. The van der Waals surface area contributed by atoms with Crippen molar-refractivity contribution >= 4 is 16.6 Å². The van der Waals surface area contributed by atoms with Gasteiger partial charge in [0.05, 0.1) is 30.0 Å². The van der Waals surface area contributed by atoms with Gasteiger partial charge in [-0.2, -0.15) is 0 Å². The van der Waals surface area contributed by atoms with Crippen LogP contribution in [0.5, 0.6) is 17.2 Å². The maximum atomic E-state index is 12.2. The number of methoxy groups -OCH3 is 2. The minimum absolute atomic E-state index is 0.0476. The minimum atomic E-state index is -0.915. The van der Waals surface area contributed by atoms with Crippen molar-refractivity contribution in [2.75, 3.05) is 14.2 Å². The summed E-state index contributed by atoms with van der Waals surface area (Å²) < 4.78 is 11.4.